The van der Waals surface area contributed by atoms with Gasteiger partial charge in [-0.3, -0.25) is 4.57 Å². The molecule has 1 heterocycles. The molecule has 0 aliphatic rings. The van der Waals surface area contributed by atoms with Crippen LogP contribution in [0, 0.1) is 0 Å². The Kier molecular flexibility index (Phi) is 4.38. The summed E-state index contributed by atoms with van der Waals surface area (Å²) in [6, 6.07) is 7.53. The Balaban J connectivity index is 0.00000128. The second kappa shape index (κ2) is 5.03. The molecule has 0 fully saturated rings. The maximum atomic E-state index is 11.6. The molecule has 0 spiro atoms. The van der Waals surface area contributed by atoms with Gasteiger partial charge in [-0.25, -0.2) is 4.98 Å². The number of imidazole rings is 1. The monoisotopic (exact) mass is 247 g/mol. The summed E-state index contributed by atoms with van der Waals surface area (Å²) in [4.78, 5) is 13.8. The first kappa shape index (κ1) is 13.9. The third kappa shape index (κ3) is 2.41. The molecule has 0 amide bonds. The molecule has 1 aromatic carbocycles. The third-order valence-corrected chi connectivity index (χ3v) is 3.41. The molecular formula is C10H13N2NaO2P. The smallest absolute Gasteiger partial charge is 0.261 e. The zero-order valence-electron chi connectivity index (χ0n) is 9.71. The summed E-state index contributed by atoms with van der Waals surface area (Å²) < 4.78 is 13.4. The summed E-state index contributed by atoms with van der Waals surface area (Å²) in [6.07, 6.45) is 0. The molecular weight excluding hydrogens is 234 g/mol. The van der Waals surface area contributed by atoms with E-state index in [1.165, 1.54) is 6.66 Å². The molecule has 4 nitrogen and oxygen atoms in total. The molecule has 0 saturated carbocycles. The first-order valence-electron chi connectivity index (χ1n) is 4.80. The minimum Gasteiger partial charge on any atom is -0.339 e. The van der Waals surface area contributed by atoms with Gasteiger partial charge in [0.05, 0.1) is 11.0 Å². The van der Waals surface area contributed by atoms with Gasteiger partial charge < -0.3 is 9.46 Å². The second-order valence-corrected chi connectivity index (χ2v) is 5.68. The summed E-state index contributed by atoms with van der Waals surface area (Å²) in [5.74, 6) is 0. The molecule has 2 rings (SSSR count). The Morgan fingerprint density at radius 3 is 2.62 bits per heavy atom. The third-order valence-electron chi connectivity index (χ3n) is 2.32. The molecule has 0 saturated heterocycles. The van der Waals surface area contributed by atoms with E-state index >= 15 is 0 Å². The van der Waals surface area contributed by atoms with Crippen molar-refractivity contribution in [3.8, 4) is 0 Å². The van der Waals surface area contributed by atoms with Crippen LogP contribution in [-0.4, -0.2) is 50.7 Å². The van der Waals surface area contributed by atoms with Crippen LogP contribution >= 0.6 is 7.37 Å². The molecule has 16 heavy (non-hydrogen) atoms. The van der Waals surface area contributed by atoms with Gasteiger partial charge in [0, 0.05) is 42.8 Å². The quantitative estimate of drug-likeness (QED) is 0.641. The Morgan fingerprint density at radius 1 is 1.44 bits per heavy atom. The number of fused-ring (bicyclic) bond motifs is 1. The molecule has 6 heteroatoms. The average Bonchev–Trinajstić information content (AvgIpc) is 2.55. The van der Waals surface area contributed by atoms with Crippen molar-refractivity contribution in [3.05, 3.63) is 24.3 Å². The number of aromatic nitrogens is 2. The Labute approximate surface area is 116 Å². The minimum absolute atomic E-state index is 0. The van der Waals surface area contributed by atoms with Crippen molar-refractivity contribution < 1.29 is 9.46 Å². The SMILES string of the molecule is CCn1c(P(C)(=O)O)nc2ccccc21.[Na]. The van der Waals surface area contributed by atoms with Gasteiger partial charge in [0.1, 0.15) is 0 Å². The fourth-order valence-electron chi connectivity index (χ4n) is 1.69. The van der Waals surface area contributed by atoms with Gasteiger partial charge in [-0.05, 0) is 19.1 Å². The Hall–Kier alpha value is -0.120. The summed E-state index contributed by atoms with van der Waals surface area (Å²) in [7, 11) is -3.29. The number of hydrogen-bond acceptors (Lipinski definition) is 2. The first-order chi connectivity index (χ1) is 7.04. The maximum absolute atomic E-state index is 11.6. The van der Waals surface area contributed by atoms with Crippen molar-refractivity contribution >= 4 is 53.5 Å². The number of para-hydroxylation sites is 2. The van der Waals surface area contributed by atoms with Crippen LogP contribution in [0.1, 0.15) is 6.92 Å². The summed E-state index contributed by atoms with van der Waals surface area (Å²) in [5.41, 5.74) is 1.96. The Morgan fingerprint density at radius 2 is 2.06 bits per heavy atom. The molecule has 1 unspecified atom stereocenters. The molecule has 2 aromatic rings. The van der Waals surface area contributed by atoms with E-state index in [9.17, 15) is 9.46 Å². The van der Waals surface area contributed by atoms with Crippen LogP contribution in [0.3, 0.4) is 0 Å². The number of nitrogens with zero attached hydrogens (tertiary/aromatic N) is 2. The van der Waals surface area contributed by atoms with E-state index in [2.05, 4.69) is 4.98 Å². The van der Waals surface area contributed by atoms with Crippen molar-refractivity contribution in [1.82, 2.24) is 9.55 Å². The van der Waals surface area contributed by atoms with E-state index in [0.29, 0.717) is 6.54 Å². The molecule has 81 valence electrons. The summed E-state index contributed by atoms with van der Waals surface area (Å²) in [6.45, 7) is 3.90. The van der Waals surface area contributed by atoms with Crippen LogP contribution in [0.2, 0.25) is 0 Å². The standard InChI is InChI=1S/C10H13N2O2P.Na/c1-3-12-9-7-5-4-6-8(9)11-10(12)15(2,13)14;/h4-7H,3H2,1-2H3,(H,13,14);. The summed E-state index contributed by atoms with van der Waals surface area (Å²) in [5, 5.41) is 0. The fourth-order valence-corrected chi connectivity index (χ4v) is 2.68. The second-order valence-electron chi connectivity index (χ2n) is 3.52. The van der Waals surface area contributed by atoms with E-state index in [1.54, 1.807) is 4.57 Å². The van der Waals surface area contributed by atoms with Crippen molar-refractivity contribution in [2.45, 2.75) is 13.5 Å². The molecule has 1 aromatic heterocycles. The van der Waals surface area contributed by atoms with Crippen molar-refractivity contribution in [3.63, 3.8) is 0 Å². The summed E-state index contributed by atoms with van der Waals surface area (Å²) >= 11 is 0. The van der Waals surface area contributed by atoms with Crippen molar-refractivity contribution in [1.29, 1.82) is 0 Å². The zero-order valence-corrected chi connectivity index (χ0v) is 12.6. The fraction of sp³-hybridized carbons (Fsp3) is 0.300. The van der Waals surface area contributed by atoms with E-state index in [4.69, 9.17) is 0 Å². The van der Waals surface area contributed by atoms with Gasteiger partial charge in [-0.15, -0.1) is 0 Å². The van der Waals surface area contributed by atoms with Crippen LogP contribution < -0.4 is 5.57 Å². The average molecular weight is 247 g/mol. The van der Waals surface area contributed by atoms with E-state index in [-0.39, 0.29) is 35.1 Å². The van der Waals surface area contributed by atoms with E-state index in [1.807, 2.05) is 31.2 Å². The van der Waals surface area contributed by atoms with Crippen LogP contribution in [-0.2, 0) is 11.1 Å². The van der Waals surface area contributed by atoms with Crippen molar-refractivity contribution in [2.75, 3.05) is 6.66 Å². The van der Waals surface area contributed by atoms with Crippen LogP contribution in [0.4, 0.5) is 0 Å². The van der Waals surface area contributed by atoms with Crippen molar-refractivity contribution in [2.24, 2.45) is 0 Å². The normalized spacial score (nSPS) is 14.4. The molecule has 0 bridgehead atoms. The van der Waals surface area contributed by atoms with E-state index < -0.39 is 7.37 Å². The van der Waals surface area contributed by atoms with Gasteiger partial charge in [0.2, 0.25) is 0 Å². The zero-order chi connectivity index (χ0) is 11.1. The molecule has 1 radical (unpaired) electrons. The number of rotatable bonds is 2. The topological polar surface area (TPSA) is 55.1 Å². The van der Waals surface area contributed by atoms with Crippen LogP contribution in [0.25, 0.3) is 11.0 Å². The van der Waals surface area contributed by atoms with E-state index in [0.717, 1.165) is 11.0 Å². The maximum Gasteiger partial charge on any atom is 0.261 e. The number of aryl methyl sites for hydroxylation is 1. The minimum atomic E-state index is -3.29. The van der Waals surface area contributed by atoms with Gasteiger partial charge in [-0.1, -0.05) is 12.1 Å². The number of benzene rings is 1. The van der Waals surface area contributed by atoms with Gasteiger partial charge in [0.15, 0.2) is 5.57 Å². The first-order valence-corrected chi connectivity index (χ1v) is 6.91. The molecule has 1 N–H and O–H groups in total. The van der Waals surface area contributed by atoms with Gasteiger partial charge in [-0.2, -0.15) is 0 Å². The molecule has 0 aliphatic carbocycles. The van der Waals surface area contributed by atoms with Gasteiger partial charge >= 0.3 is 0 Å². The largest absolute Gasteiger partial charge is 0.339 e. The Bertz CT molecular complexity index is 547. The van der Waals surface area contributed by atoms with Gasteiger partial charge in [0.25, 0.3) is 7.37 Å². The number of hydrogen-bond donors (Lipinski definition) is 1. The van der Waals surface area contributed by atoms with Crippen LogP contribution in [0.15, 0.2) is 24.3 Å². The predicted molar refractivity (Wildman–Crippen MR) is 66.5 cm³/mol. The predicted octanol–water partition coefficient (Wildman–Crippen LogP) is 1.20. The molecule has 1 atom stereocenters. The molecule has 0 aliphatic heterocycles. The van der Waals surface area contributed by atoms with Crippen LogP contribution in [0.5, 0.6) is 0 Å².